The van der Waals surface area contributed by atoms with Crippen LogP contribution >= 0.6 is 0 Å². The summed E-state index contributed by atoms with van der Waals surface area (Å²) < 4.78 is 0. The predicted molar refractivity (Wildman–Crippen MR) is 75.6 cm³/mol. The van der Waals surface area contributed by atoms with Crippen molar-refractivity contribution in [3.05, 3.63) is 77.4 Å². The van der Waals surface area contributed by atoms with Crippen LogP contribution in [-0.4, -0.2) is 5.78 Å². The van der Waals surface area contributed by atoms with Gasteiger partial charge in [-0.3, -0.25) is 4.79 Å². The first-order valence-corrected chi connectivity index (χ1v) is 6.16. The summed E-state index contributed by atoms with van der Waals surface area (Å²) in [5.41, 5.74) is 3.07. The number of rotatable bonds is 4. The van der Waals surface area contributed by atoms with Crippen LogP contribution in [0.5, 0.6) is 0 Å². The number of hydrogen-bond acceptors (Lipinski definition) is 1. The smallest absolute Gasteiger partial charge is 0.185 e. The molecule has 0 fully saturated rings. The van der Waals surface area contributed by atoms with Crippen molar-refractivity contribution in [1.29, 1.82) is 0 Å². The highest BCUT2D eigenvalue weighted by atomic mass is 16.1. The van der Waals surface area contributed by atoms with Crippen LogP contribution < -0.4 is 0 Å². The highest BCUT2D eigenvalue weighted by Gasteiger charge is 1.99. The van der Waals surface area contributed by atoms with Crippen molar-refractivity contribution in [2.45, 2.75) is 13.3 Å². The van der Waals surface area contributed by atoms with Gasteiger partial charge in [-0.1, -0.05) is 67.6 Å². The minimum atomic E-state index is 0.0394. The highest BCUT2D eigenvalue weighted by Crippen LogP contribution is 2.09. The number of carbonyl (C=O) groups is 1. The number of allylic oxidation sites excluding steroid dienone is 1. The predicted octanol–water partition coefficient (Wildman–Crippen LogP) is 4.15. The number of ketones is 1. The standard InChI is InChI=1S/C17H16O/c1-2-14-7-6-8-15(13-14)11-12-17(18)16-9-4-3-5-10-16/h3-13H,2H2,1H3. The second-order valence-electron chi connectivity index (χ2n) is 4.16. The monoisotopic (exact) mass is 236 g/mol. The molecule has 0 saturated carbocycles. The van der Waals surface area contributed by atoms with Gasteiger partial charge in [0, 0.05) is 5.56 Å². The number of benzene rings is 2. The average molecular weight is 236 g/mol. The first-order valence-electron chi connectivity index (χ1n) is 6.16. The molecule has 0 spiro atoms. The van der Waals surface area contributed by atoms with Crippen LogP contribution in [0.15, 0.2) is 60.7 Å². The van der Waals surface area contributed by atoms with Gasteiger partial charge in [-0.25, -0.2) is 0 Å². The van der Waals surface area contributed by atoms with Crippen LogP contribution in [0.25, 0.3) is 6.08 Å². The van der Waals surface area contributed by atoms with Crippen LogP contribution in [0.1, 0.15) is 28.4 Å². The fourth-order valence-electron chi connectivity index (χ4n) is 1.79. The molecule has 0 heterocycles. The van der Waals surface area contributed by atoms with E-state index in [1.165, 1.54) is 5.56 Å². The maximum Gasteiger partial charge on any atom is 0.185 e. The van der Waals surface area contributed by atoms with Gasteiger partial charge in [0.25, 0.3) is 0 Å². The molecule has 1 nitrogen and oxygen atoms in total. The van der Waals surface area contributed by atoms with Gasteiger partial charge >= 0.3 is 0 Å². The van der Waals surface area contributed by atoms with Gasteiger partial charge in [-0.05, 0) is 23.6 Å². The largest absolute Gasteiger partial charge is 0.289 e. The lowest BCUT2D eigenvalue weighted by Crippen LogP contribution is -1.92. The van der Waals surface area contributed by atoms with Gasteiger partial charge in [0.1, 0.15) is 0 Å². The van der Waals surface area contributed by atoms with Gasteiger partial charge in [0.05, 0.1) is 0 Å². The molecule has 0 aliphatic heterocycles. The van der Waals surface area contributed by atoms with E-state index < -0.39 is 0 Å². The van der Waals surface area contributed by atoms with Crippen LogP contribution in [0.3, 0.4) is 0 Å². The first kappa shape index (κ1) is 12.3. The second kappa shape index (κ2) is 5.97. The maximum absolute atomic E-state index is 11.9. The summed E-state index contributed by atoms with van der Waals surface area (Å²) in [6.45, 7) is 2.12. The van der Waals surface area contributed by atoms with E-state index in [0.717, 1.165) is 17.5 Å². The molecule has 90 valence electrons. The van der Waals surface area contributed by atoms with E-state index in [1.807, 2.05) is 48.5 Å². The van der Waals surface area contributed by atoms with E-state index in [0.29, 0.717) is 0 Å². The van der Waals surface area contributed by atoms with E-state index in [4.69, 9.17) is 0 Å². The van der Waals surface area contributed by atoms with E-state index in [1.54, 1.807) is 6.08 Å². The molecule has 2 aromatic carbocycles. The van der Waals surface area contributed by atoms with Crippen molar-refractivity contribution in [2.24, 2.45) is 0 Å². The van der Waals surface area contributed by atoms with Gasteiger partial charge in [-0.2, -0.15) is 0 Å². The highest BCUT2D eigenvalue weighted by molar-refractivity contribution is 6.06. The average Bonchev–Trinajstić information content (AvgIpc) is 2.46. The Morgan fingerprint density at radius 2 is 1.83 bits per heavy atom. The van der Waals surface area contributed by atoms with Crippen LogP contribution in [0.2, 0.25) is 0 Å². The molecule has 0 unspecified atom stereocenters. The zero-order valence-corrected chi connectivity index (χ0v) is 10.5. The fraction of sp³-hybridized carbons (Fsp3) is 0.118. The van der Waals surface area contributed by atoms with Gasteiger partial charge in [0.15, 0.2) is 5.78 Å². The molecule has 0 saturated heterocycles. The Kier molecular flexibility index (Phi) is 4.08. The van der Waals surface area contributed by atoms with E-state index in [-0.39, 0.29) is 5.78 Å². The van der Waals surface area contributed by atoms with E-state index >= 15 is 0 Å². The Morgan fingerprint density at radius 1 is 1.06 bits per heavy atom. The Hall–Kier alpha value is -2.15. The van der Waals surface area contributed by atoms with Gasteiger partial charge in [0.2, 0.25) is 0 Å². The first-order chi connectivity index (χ1) is 8.79. The van der Waals surface area contributed by atoms with Crippen molar-refractivity contribution in [1.82, 2.24) is 0 Å². The van der Waals surface area contributed by atoms with Crippen molar-refractivity contribution in [3.8, 4) is 0 Å². The van der Waals surface area contributed by atoms with Crippen LogP contribution in [-0.2, 0) is 6.42 Å². The minimum absolute atomic E-state index is 0.0394. The molecular weight excluding hydrogens is 220 g/mol. The molecule has 0 radical (unpaired) electrons. The number of carbonyl (C=O) groups excluding carboxylic acids is 1. The SMILES string of the molecule is CCc1cccc(C=CC(=O)c2ccccc2)c1. The summed E-state index contributed by atoms with van der Waals surface area (Å²) in [5, 5.41) is 0. The fourth-order valence-corrected chi connectivity index (χ4v) is 1.79. The second-order valence-corrected chi connectivity index (χ2v) is 4.16. The Balaban J connectivity index is 2.13. The third-order valence-electron chi connectivity index (χ3n) is 2.84. The minimum Gasteiger partial charge on any atom is -0.289 e. The van der Waals surface area contributed by atoms with Crippen LogP contribution in [0.4, 0.5) is 0 Å². The number of hydrogen-bond donors (Lipinski definition) is 0. The van der Waals surface area contributed by atoms with Gasteiger partial charge in [-0.15, -0.1) is 0 Å². The van der Waals surface area contributed by atoms with E-state index in [9.17, 15) is 4.79 Å². The van der Waals surface area contributed by atoms with Crippen molar-refractivity contribution < 1.29 is 4.79 Å². The number of aryl methyl sites for hydroxylation is 1. The third kappa shape index (κ3) is 3.17. The maximum atomic E-state index is 11.9. The summed E-state index contributed by atoms with van der Waals surface area (Å²) in [6, 6.07) is 17.5. The molecule has 0 amide bonds. The van der Waals surface area contributed by atoms with Crippen molar-refractivity contribution in [2.75, 3.05) is 0 Å². The molecule has 2 aromatic rings. The lowest BCUT2D eigenvalue weighted by Gasteiger charge is -1.98. The Bertz CT molecular complexity index is 553. The topological polar surface area (TPSA) is 17.1 Å². The Labute approximate surface area is 108 Å². The quantitative estimate of drug-likeness (QED) is 0.576. The molecule has 0 N–H and O–H groups in total. The van der Waals surface area contributed by atoms with Crippen molar-refractivity contribution in [3.63, 3.8) is 0 Å². The summed E-state index contributed by atoms with van der Waals surface area (Å²) >= 11 is 0. The summed E-state index contributed by atoms with van der Waals surface area (Å²) in [6.07, 6.45) is 4.51. The van der Waals surface area contributed by atoms with Crippen LogP contribution in [0, 0.1) is 0 Å². The summed E-state index contributed by atoms with van der Waals surface area (Å²) in [5.74, 6) is 0.0394. The van der Waals surface area contributed by atoms with Gasteiger partial charge < -0.3 is 0 Å². The molecule has 0 atom stereocenters. The molecule has 0 bridgehead atoms. The van der Waals surface area contributed by atoms with E-state index in [2.05, 4.69) is 19.1 Å². The normalized spacial score (nSPS) is 10.7. The lowest BCUT2D eigenvalue weighted by atomic mass is 10.1. The molecule has 18 heavy (non-hydrogen) atoms. The molecule has 2 rings (SSSR count). The molecule has 0 aliphatic rings. The Morgan fingerprint density at radius 3 is 2.56 bits per heavy atom. The van der Waals surface area contributed by atoms with Crippen molar-refractivity contribution >= 4 is 11.9 Å². The molecule has 0 aliphatic carbocycles. The third-order valence-corrected chi connectivity index (χ3v) is 2.84. The summed E-state index contributed by atoms with van der Waals surface area (Å²) in [7, 11) is 0. The summed E-state index contributed by atoms with van der Waals surface area (Å²) in [4.78, 5) is 11.9. The molecule has 1 heteroatoms. The zero-order valence-electron chi connectivity index (χ0n) is 10.5. The molecule has 0 aromatic heterocycles. The molecular formula is C17H16O. The zero-order chi connectivity index (χ0) is 12.8. The lowest BCUT2D eigenvalue weighted by molar-refractivity contribution is 0.104.